The summed E-state index contributed by atoms with van der Waals surface area (Å²) >= 11 is 6.24. The van der Waals surface area contributed by atoms with Crippen molar-refractivity contribution in [3.8, 4) is 0 Å². The molecule has 2 aliphatic rings. The van der Waals surface area contributed by atoms with Gasteiger partial charge in [-0.2, -0.15) is 0 Å². The normalized spacial score (nSPS) is 42.9. The van der Waals surface area contributed by atoms with Crippen LogP contribution in [0.2, 0.25) is 0 Å². The van der Waals surface area contributed by atoms with Gasteiger partial charge in [-0.3, -0.25) is 4.79 Å². The van der Waals surface area contributed by atoms with E-state index in [-0.39, 0.29) is 23.4 Å². The van der Waals surface area contributed by atoms with Gasteiger partial charge in [0.1, 0.15) is 11.5 Å². The number of Topliss-reactive ketones (excluding diaryl/α,β-unsaturated/α-hetero) is 1. The summed E-state index contributed by atoms with van der Waals surface area (Å²) in [6, 6.07) is 0. The van der Waals surface area contributed by atoms with Crippen LogP contribution in [0.4, 0.5) is 0 Å². The lowest BCUT2D eigenvalue weighted by atomic mass is 9.61. The second kappa shape index (κ2) is 4.75. The van der Waals surface area contributed by atoms with Crippen molar-refractivity contribution in [2.45, 2.75) is 57.0 Å². The number of halogens is 1. The van der Waals surface area contributed by atoms with E-state index < -0.39 is 11.2 Å². The van der Waals surface area contributed by atoms with E-state index in [1.807, 2.05) is 20.8 Å². The molecule has 2 rings (SSSR count). The predicted molar refractivity (Wildman–Crippen MR) is 67.7 cm³/mol. The predicted octanol–water partition coefficient (Wildman–Crippen LogP) is 2.13. The minimum absolute atomic E-state index is 0.1000. The molecule has 0 aromatic heterocycles. The lowest BCUT2D eigenvalue weighted by Crippen LogP contribution is -2.60. The van der Waals surface area contributed by atoms with E-state index in [1.165, 1.54) is 0 Å². The van der Waals surface area contributed by atoms with Crippen LogP contribution < -0.4 is 0 Å². The van der Waals surface area contributed by atoms with Crippen molar-refractivity contribution < 1.29 is 19.0 Å². The van der Waals surface area contributed by atoms with E-state index in [1.54, 1.807) is 7.11 Å². The maximum Gasteiger partial charge on any atom is 0.163 e. The standard InChI is InChI=1S/C13H21ClO4/c1-5-13(6-8(15)10(13)14)11-9(7-16-4)17-12(2,3)18-11/h9-11H,5-7H2,1-4H3/t9-,10?,11-,13+/m1/s1. The van der Waals surface area contributed by atoms with E-state index in [0.29, 0.717) is 13.0 Å². The van der Waals surface area contributed by atoms with Crippen LogP contribution in [0.5, 0.6) is 0 Å². The maximum absolute atomic E-state index is 11.5. The van der Waals surface area contributed by atoms with Crippen LogP contribution in [-0.4, -0.2) is 42.9 Å². The SMILES string of the molecule is CC[C@]1([C@@H]2OC(C)(C)O[C@@H]2COC)CC(=O)C1Cl. The fourth-order valence-corrected chi connectivity index (χ4v) is 3.49. The van der Waals surface area contributed by atoms with Crippen molar-refractivity contribution in [2.75, 3.05) is 13.7 Å². The molecular weight excluding hydrogens is 256 g/mol. The first-order valence-electron chi connectivity index (χ1n) is 6.37. The average molecular weight is 277 g/mol. The first kappa shape index (κ1) is 14.3. The number of rotatable bonds is 4. The van der Waals surface area contributed by atoms with Crippen LogP contribution in [0.3, 0.4) is 0 Å². The van der Waals surface area contributed by atoms with Gasteiger partial charge in [0.05, 0.1) is 12.7 Å². The van der Waals surface area contributed by atoms with Gasteiger partial charge in [-0.05, 0) is 20.3 Å². The van der Waals surface area contributed by atoms with Crippen LogP contribution >= 0.6 is 11.6 Å². The third-order valence-corrected chi connectivity index (χ3v) is 4.71. The van der Waals surface area contributed by atoms with Crippen LogP contribution in [0.25, 0.3) is 0 Å². The van der Waals surface area contributed by atoms with Gasteiger partial charge in [0, 0.05) is 18.9 Å². The zero-order valence-electron chi connectivity index (χ0n) is 11.4. The van der Waals surface area contributed by atoms with Crippen molar-refractivity contribution in [1.82, 2.24) is 0 Å². The van der Waals surface area contributed by atoms with Gasteiger partial charge < -0.3 is 14.2 Å². The molecule has 2 fully saturated rings. The Balaban J connectivity index is 2.22. The molecule has 0 aromatic carbocycles. The Kier molecular flexibility index (Phi) is 3.76. The Hall–Kier alpha value is -0.160. The van der Waals surface area contributed by atoms with Gasteiger partial charge in [0.2, 0.25) is 0 Å². The number of ether oxygens (including phenoxy) is 3. The van der Waals surface area contributed by atoms with Gasteiger partial charge in [0.15, 0.2) is 11.6 Å². The Bertz CT molecular complexity index is 344. The molecule has 1 aliphatic heterocycles. The van der Waals surface area contributed by atoms with Gasteiger partial charge >= 0.3 is 0 Å². The molecule has 0 radical (unpaired) electrons. The molecule has 1 saturated heterocycles. The highest BCUT2D eigenvalue weighted by atomic mass is 35.5. The Morgan fingerprint density at radius 2 is 2.11 bits per heavy atom. The fraction of sp³-hybridized carbons (Fsp3) is 0.923. The van der Waals surface area contributed by atoms with Gasteiger partial charge in [-0.25, -0.2) is 0 Å². The highest BCUT2D eigenvalue weighted by molar-refractivity contribution is 6.34. The van der Waals surface area contributed by atoms with Gasteiger partial charge in [0.25, 0.3) is 0 Å². The molecule has 104 valence electrons. The van der Waals surface area contributed by atoms with E-state index >= 15 is 0 Å². The third-order valence-electron chi connectivity index (χ3n) is 4.03. The minimum Gasteiger partial charge on any atom is -0.382 e. The number of hydrogen-bond acceptors (Lipinski definition) is 4. The molecule has 4 atom stereocenters. The molecule has 5 heteroatoms. The Morgan fingerprint density at radius 1 is 1.44 bits per heavy atom. The summed E-state index contributed by atoms with van der Waals surface area (Å²) in [6.07, 6.45) is 0.927. The summed E-state index contributed by atoms with van der Waals surface area (Å²) in [5, 5.41) is -0.468. The third kappa shape index (κ3) is 2.09. The summed E-state index contributed by atoms with van der Waals surface area (Å²) in [7, 11) is 1.63. The molecule has 1 aliphatic carbocycles. The Labute approximate surface area is 113 Å². The van der Waals surface area contributed by atoms with E-state index in [4.69, 9.17) is 25.8 Å². The maximum atomic E-state index is 11.5. The van der Waals surface area contributed by atoms with Crippen molar-refractivity contribution in [1.29, 1.82) is 0 Å². The number of methoxy groups -OCH3 is 1. The highest BCUT2D eigenvalue weighted by Gasteiger charge is 2.62. The minimum atomic E-state index is -0.648. The van der Waals surface area contributed by atoms with Crippen LogP contribution in [0, 0.1) is 5.41 Å². The number of carbonyl (C=O) groups excluding carboxylic acids is 1. The molecule has 0 N–H and O–H groups in total. The lowest BCUT2D eigenvalue weighted by Gasteiger charge is -2.49. The summed E-state index contributed by atoms with van der Waals surface area (Å²) in [4.78, 5) is 11.5. The number of alkyl halides is 1. The van der Waals surface area contributed by atoms with Crippen LogP contribution in [-0.2, 0) is 19.0 Å². The smallest absolute Gasteiger partial charge is 0.163 e. The van der Waals surface area contributed by atoms with E-state index in [0.717, 1.165) is 6.42 Å². The molecular formula is C13H21ClO4. The summed E-state index contributed by atoms with van der Waals surface area (Å²) in [5.74, 6) is -0.548. The van der Waals surface area contributed by atoms with Crippen molar-refractivity contribution in [2.24, 2.45) is 5.41 Å². The first-order valence-corrected chi connectivity index (χ1v) is 6.81. The quantitative estimate of drug-likeness (QED) is 0.738. The largest absolute Gasteiger partial charge is 0.382 e. The van der Waals surface area contributed by atoms with Crippen LogP contribution in [0.1, 0.15) is 33.6 Å². The monoisotopic (exact) mass is 276 g/mol. The summed E-state index contributed by atoms with van der Waals surface area (Å²) < 4.78 is 17.0. The molecule has 4 nitrogen and oxygen atoms in total. The van der Waals surface area contributed by atoms with Crippen molar-refractivity contribution in [3.63, 3.8) is 0 Å². The molecule has 1 heterocycles. The zero-order chi connectivity index (χ0) is 13.6. The number of carbonyl (C=O) groups is 1. The lowest BCUT2D eigenvalue weighted by molar-refractivity contribution is -0.170. The summed E-state index contributed by atoms with van der Waals surface area (Å²) in [5.41, 5.74) is -0.310. The topological polar surface area (TPSA) is 44.8 Å². The molecule has 0 bridgehead atoms. The molecule has 0 amide bonds. The molecule has 18 heavy (non-hydrogen) atoms. The highest BCUT2D eigenvalue weighted by Crippen LogP contribution is 2.53. The number of ketones is 1. The van der Waals surface area contributed by atoms with Gasteiger partial charge in [-0.1, -0.05) is 6.92 Å². The first-order chi connectivity index (χ1) is 8.36. The average Bonchev–Trinajstić information content (AvgIpc) is 2.61. The van der Waals surface area contributed by atoms with Crippen molar-refractivity contribution in [3.05, 3.63) is 0 Å². The van der Waals surface area contributed by atoms with Crippen LogP contribution in [0.15, 0.2) is 0 Å². The fourth-order valence-electron chi connectivity index (χ4n) is 3.05. The molecule has 1 saturated carbocycles. The van der Waals surface area contributed by atoms with E-state index in [9.17, 15) is 4.79 Å². The van der Waals surface area contributed by atoms with Crippen molar-refractivity contribution >= 4 is 17.4 Å². The Morgan fingerprint density at radius 3 is 2.56 bits per heavy atom. The number of hydrogen-bond donors (Lipinski definition) is 0. The molecule has 1 unspecified atom stereocenters. The molecule has 0 spiro atoms. The summed E-state index contributed by atoms with van der Waals surface area (Å²) in [6.45, 7) is 6.25. The zero-order valence-corrected chi connectivity index (χ0v) is 12.1. The van der Waals surface area contributed by atoms with Gasteiger partial charge in [-0.15, -0.1) is 11.6 Å². The molecule has 0 aromatic rings. The second-order valence-electron chi connectivity index (χ2n) is 5.64. The van der Waals surface area contributed by atoms with E-state index in [2.05, 4.69) is 0 Å². The second-order valence-corrected chi connectivity index (χ2v) is 6.08.